The molecule has 0 bridgehead atoms. The summed E-state index contributed by atoms with van der Waals surface area (Å²) < 4.78 is 35.1. The van der Waals surface area contributed by atoms with Crippen LogP contribution in [0.5, 0.6) is 17.2 Å². The molecule has 0 aliphatic carbocycles. The number of hydrogen-bond donors (Lipinski definition) is 1. The SMILES string of the molecule is CCCOc1cc(C)cc(OS(=O)(=O)c2ccc(O)cc2)c1. The van der Waals surface area contributed by atoms with Crippen LogP contribution >= 0.6 is 0 Å². The zero-order chi connectivity index (χ0) is 16.2. The molecule has 0 aromatic heterocycles. The lowest BCUT2D eigenvalue weighted by atomic mass is 10.2. The highest BCUT2D eigenvalue weighted by atomic mass is 32.2. The third kappa shape index (κ3) is 4.14. The van der Waals surface area contributed by atoms with Crippen LogP contribution in [0.25, 0.3) is 0 Å². The molecule has 0 saturated heterocycles. The van der Waals surface area contributed by atoms with Gasteiger partial charge in [0.15, 0.2) is 0 Å². The predicted molar refractivity (Wildman–Crippen MR) is 82.9 cm³/mol. The predicted octanol–water partition coefficient (Wildman–Crippen LogP) is 3.26. The van der Waals surface area contributed by atoms with E-state index < -0.39 is 10.1 Å². The Hall–Kier alpha value is -2.21. The quantitative estimate of drug-likeness (QED) is 0.826. The minimum Gasteiger partial charge on any atom is -0.508 e. The van der Waals surface area contributed by atoms with Crippen LogP contribution in [0.2, 0.25) is 0 Å². The average molecular weight is 322 g/mol. The van der Waals surface area contributed by atoms with Crippen molar-refractivity contribution in [2.24, 2.45) is 0 Å². The first kappa shape index (κ1) is 16.2. The number of phenolic OH excluding ortho intramolecular Hbond substituents is 1. The fourth-order valence-corrected chi connectivity index (χ4v) is 2.77. The van der Waals surface area contributed by atoms with Crippen LogP contribution in [0.3, 0.4) is 0 Å². The maximum Gasteiger partial charge on any atom is 0.339 e. The van der Waals surface area contributed by atoms with Gasteiger partial charge in [-0.05, 0) is 55.3 Å². The molecule has 0 aliphatic heterocycles. The van der Waals surface area contributed by atoms with Gasteiger partial charge in [0, 0.05) is 6.07 Å². The van der Waals surface area contributed by atoms with Crippen molar-refractivity contribution in [3.63, 3.8) is 0 Å². The topological polar surface area (TPSA) is 72.8 Å². The van der Waals surface area contributed by atoms with E-state index >= 15 is 0 Å². The minimum absolute atomic E-state index is 0.00948. The zero-order valence-corrected chi connectivity index (χ0v) is 13.3. The second kappa shape index (κ2) is 6.70. The highest BCUT2D eigenvalue weighted by Gasteiger charge is 2.17. The van der Waals surface area contributed by atoms with Crippen LogP contribution < -0.4 is 8.92 Å². The number of aryl methyl sites for hydroxylation is 1. The molecule has 1 N–H and O–H groups in total. The molecule has 2 rings (SSSR count). The Morgan fingerprint density at radius 2 is 1.68 bits per heavy atom. The molecule has 0 radical (unpaired) electrons. The van der Waals surface area contributed by atoms with Crippen molar-refractivity contribution in [3.8, 4) is 17.2 Å². The molecule has 22 heavy (non-hydrogen) atoms. The Labute approximate surface area is 130 Å². The van der Waals surface area contributed by atoms with Gasteiger partial charge in [-0.25, -0.2) is 0 Å². The lowest BCUT2D eigenvalue weighted by molar-refractivity contribution is 0.316. The summed E-state index contributed by atoms with van der Waals surface area (Å²) >= 11 is 0. The third-order valence-electron chi connectivity index (χ3n) is 2.83. The molecule has 0 unspecified atom stereocenters. The number of ether oxygens (including phenoxy) is 1. The summed E-state index contributed by atoms with van der Waals surface area (Å²) in [5, 5.41) is 9.22. The van der Waals surface area contributed by atoms with E-state index in [9.17, 15) is 13.5 Å². The van der Waals surface area contributed by atoms with Gasteiger partial charge >= 0.3 is 10.1 Å². The zero-order valence-electron chi connectivity index (χ0n) is 12.4. The second-order valence-corrected chi connectivity index (χ2v) is 6.41. The molecule has 0 fully saturated rings. The summed E-state index contributed by atoms with van der Waals surface area (Å²) in [6, 6.07) is 10.1. The monoisotopic (exact) mass is 322 g/mol. The molecule has 0 aliphatic rings. The number of rotatable bonds is 6. The van der Waals surface area contributed by atoms with Crippen LogP contribution in [-0.2, 0) is 10.1 Å². The van der Waals surface area contributed by atoms with E-state index in [2.05, 4.69) is 0 Å². The van der Waals surface area contributed by atoms with Gasteiger partial charge in [0.1, 0.15) is 22.1 Å². The molecule has 0 heterocycles. The van der Waals surface area contributed by atoms with E-state index in [0.717, 1.165) is 12.0 Å². The first-order chi connectivity index (χ1) is 10.4. The first-order valence-electron chi connectivity index (χ1n) is 6.89. The minimum atomic E-state index is -3.95. The Balaban J connectivity index is 2.25. The second-order valence-electron chi connectivity index (χ2n) is 4.86. The van der Waals surface area contributed by atoms with Crippen LogP contribution in [0, 0.1) is 6.92 Å². The number of hydrogen-bond acceptors (Lipinski definition) is 5. The van der Waals surface area contributed by atoms with Crippen LogP contribution in [-0.4, -0.2) is 20.1 Å². The molecule has 6 heteroatoms. The van der Waals surface area contributed by atoms with Gasteiger partial charge in [0.25, 0.3) is 0 Å². The largest absolute Gasteiger partial charge is 0.508 e. The summed E-state index contributed by atoms with van der Waals surface area (Å²) in [5.74, 6) is 0.752. The van der Waals surface area contributed by atoms with Crippen molar-refractivity contribution in [2.45, 2.75) is 25.2 Å². The molecule has 0 saturated carbocycles. The van der Waals surface area contributed by atoms with Crippen LogP contribution in [0.1, 0.15) is 18.9 Å². The molecule has 0 amide bonds. The third-order valence-corrected chi connectivity index (χ3v) is 4.09. The molecular weight excluding hydrogens is 304 g/mol. The van der Waals surface area contributed by atoms with Crippen molar-refractivity contribution in [2.75, 3.05) is 6.61 Å². The van der Waals surface area contributed by atoms with Crippen LogP contribution in [0.4, 0.5) is 0 Å². The van der Waals surface area contributed by atoms with Crippen molar-refractivity contribution in [3.05, 3.63) is 48.0 Å². The van der Waals surface area contributed by atoms with E-state index in [-0.39, 0.29) is 16.4 Å². The van der Waals surface area contributed by atoms with Crippen molar-refractivity contribution < 1.29 is 22.4 Å². The highest BCUT2D eigenvalue weighted by Crippen LogP contribution is 2.26. The number of aromatic hydroxyl groups is 1. The fraction of sp³-hybridized carbons (Fsp3) is 0.250. The average Bonchev–Trinajstić information content (AvgIpc) is 2.44. The Morgan fingerprint density at radius 3 is 2.32 bits per heavy atom. The van der Waals surface area contributed by atoms with Crippen LogP contribution in [0.15, 0.2) is 47.4 Å². The molecule has 5 nitrogen and oxygen atoms in total. The smallest absolute Gasteiger partial charge is 0.339 e. The van der Waals surface area contributed by atoms with Crippen molar-refractivity contribution in [1.82, 2.24) is 0 Å². The van der Waals surface area contributed by atoms with E-state index in [1.807, 2.05) is 19.9 Å². The molecule has 2 aromatic rings. The summed E-state index contributed by atoms with van der Waals surface area (Å²) in [5.41, 5.74) is 0.838. The first-order valence-corrected chi connectivity index (χ1v) is 8.29. The van der Waals surface area contributed by atoms with E-state index in [1.54, 1.807) is 12.1 Å². The van der Waals surface area contributed by atoms with Gasteiger partial charge < -0.3 is 14.0 Å². The van der Waals surface area contributed by atoms with Crippen molar-refractivity contribution >= 4 is 10.1 Å². The number of benzene rings is 2. The van der Waals surface area contributed by atoms with Gasteiger partial charge in [-0.2, -0.15) is 8.42 Å². The maximum absolute atomic E-state index is 12.2. The van der Waals surface area contributed by atoms with E-state index in [0.29, 0.717) is 12.4 Å². The summed E-state index contributed by atoms with van der Waals surface area (Å²) in [7, 11) is -3.95. The fourth-order valence-electron chi connectivity index (χ4n) is 1.85. The standard InChI is InChI=1S/C16H18O5S/c1-3-8-20-14-9-12(2)10-15(11-14)21-22(18,19)16-6-4-13(17)5-7-16/h4-7,9-11,17H,3,8H2,1-2H3. The highest BCUT2D eigenvalue weighted by molar-refractivity contribution is 7.87. The maximum atomic E-state index is 12.2. The van der Waals surface area contributed by atoms with Gasteiger partial charge in [0.2, 0.25) is 0 Å². The lowest BCUT2D eigenvalue weighted by Crippen LogP contribution is -2.09. The van der Waals surface area contributed by atoms with E-state index in [4.69, 9.17) is 8.92 Å². The number of phenols is 1. The van der Waals surface area contributed by atoms with Gasteiger partial charge in [-0.3, -0.25) is 0 Å². The van der Waals surface area contributed by atoms with Crippen molar-refractivity contribution in [1.29, 1.82) is 0 Å². The molecular formula is C16H18O5S. The van der Waals surface area contributed by atoms with E-state index in [1.165, 1.54) is 24.3 Å². The summed E-state index contributed by atoms with van der Waals surface area (Å²) in [6.07, 6.45) is 0.857. The Morgan fingerprint density at radius 1 is 1.05 bits per heavy atom. The molecule has 118 valence electrons. The molecule has 2 aromatic carbocycles. The molecule has 0 spiro atoms. The normalized spacial score (nSPS) is 11.2. The summed E-state index contributed by atoms with van der Waals surface area (Å²) in [4.78, 5) is -0.0252. The van der Waals surface area contributed by atoms with Gasteiger partial charge in [-0.1, -0.05) is 6.92 Å². The van der Waals surface area contributed by atoms with Gasteiger partial charge in [-0.15, -0.1) is 0 Å². The molecule has 0 atom stereocenters. The Kier molecular flexibility index (Phi) is 4.92. The van der Waals surface area contributed by atoms with Gasteiger partial charge in [0.05, 0.1) is 6.61 Å². The Bertz CT molecular complexity index is 736. The lowest BCUT2D eigenvalue weighted by Gasteiger charge is -2.11. The summed E-state index contributed by atoms with van der Waals surface area (Å²) in [6.45, 7) is 4.37.